The molecule has 0 radical (unpaired) electrons. The van der Waals surface area contributed by atoms with Crippen LogP contribution in [0.15, 0.2) is 41.5 Å². The van der Waals surface area contributed by atoms with Crippen molar-refractivity contribution in [3.63, 3.8) is 0 Å². The molecule has 0 spiro atoms. The van der Waals surface area contributed by atoms with Gasteiger partial charge in [-0.05, 0) is 24.6 Å². The van der Waals surface area contributed by atoms with E-state index in [0.717, 1.165) is 6.42 Å². The Labute approximate surface area is 138 Å². The smallest absolute Gasteiger partial charge is 0.358 e. The number of nitrogens with one attached hydrogen (secondary N) is 1. The van der Waals surface area contributed by atoms with E-state index in [1.54, 1.807) is 12.1 Å². The second-order valence-electron chi connectivity index (χ2n) is 4.91. The molecule has 0 saturated heterocycles. The molecule has 0 fully saturated rings. The van der Waals surface area contributed by atoms with Crippen molar-refractivity contribution in [1.82, 2.24) is 20.1 Å². The quantitative estimate of drug-likeness (QED) is 0.590. The van der Waals surface area contributed by atoms with Gasteiger partial charge in [0.1, 0.15) is 6.61 Å². The fourth-order valence-electron chi connectivity index (χ4n) is 1.92. The highest BCUT2D eigenvalue weighted by Gasteiger charge is 2.11. The zero-order chi connectivity index (χ0) is 17.4. The van der Waals surface area contributed by atoms with Crippen LogP contribution in [0.5, 0.6) is 0 Å². The first kappa shape index (κ1) is 17.3. The molecule has 24 heavy (non-hydrogen) atoms. The molecule has 1 N–H and O–H groups in total. The first-order valence-electron chi connectivity index (χ1n) is 7.55. The van der Waals surface area contributed by atoms with Crippen LogP contribution in [0.3, 0.4) is 0 Å². The molecule has 0 aliphatic rings. The second-order valence-corrected chi connectivity index (χ2v) is 4.91. The lowest BCUT2D eigenvalue weighted by atomic mass is 10.2. The lowest BCUT2D eigenvalue weighted by Gasteiger charge is -2.07. The van der Waals surface area contributed by atoms with Gasteiger partial charge in [0, 0.05) is 30.6 Å². The summed E-state index contributed by atoms with van der Waals surface area (Å²) in [5.41, 5.74) is 0.270. The minimum Gasteiger partial charge on any atom is -0.459 e. The van der Waals surface area contributed by atoms with Crippen molar-refractivity contribution in [3.05, 3.63) is 58.3 Å². The van der Waals surface area contributed by atoms with Crippen LogP contribution in [0, 0.1) is 0 Å². The maximum Gasteiger partial charge on any atom is 0.358 e. The lowest BCUT2D eigenvalue weighted by Crippen LogP contribution is -2.29. The average Bonchev–Trinajstić information content (AvgIpc) is 2.61. The Kier molecular flexibility index (Phi) is 6.18. The predicted molar refractivity (Wildman–Crippen MR) is 85.6 cm³/mol. The van der Waals surface area contributed by atoms with E-state index in [1.165, 1.54) is 29.2 Å². The van der Waals surface area contributed by atoms with Crippen molar-refractivity contribution >= 4 is 11.9 Å². The molecule has 0 bridgehead atoms. The number of carbonyl (C=O) groups is 2. The van der Waals surface area contributed by atoms with Crippen LogP contribution in [0.4, 0.5) is 0 Å². The van der Waals surface area contributed by atoms with Gasteiger partial charge in [0.25, 0.3) is 11.5 Å². The standard InChI is InChI=1S/C16H18N4O4/c1-2-10-20-14(21)4-3-13(19-20)16(23)24-11-9-18-15(22)12-5-7-17-8-6-12/h3-8H,2,9-11H2,1H3,(H,18,22). The summed E-state index contributed by atoms with van der Waals surface area (Å²) in [6, 6.07) is 5.78. The van der Waals surface area contributed by atoms with Crippen LogP contribution in [0.2, 0.25) is 0 Å². The van der Waals surface area contributed by atoms with Gasteiger partial charge in [0.05, 0.1) is 6.54 Å². The molecule has 0 aliphatic heterocycles. The Balaban J connectivity index is 1.82. The Bertz CT molecular complexity index is 758. The molecule has 0 saturated carbocycles. The van der Waals surface area contributed by atoms with E-state index in [-0.39, 0.29) is 30.3 Å². The number of ether oxygens (including phenoxy) is 1. The predicted octanol–water partition coefficient (Wildman–Crippen LogP) is 0.635. The maximum absolute atomic E-state index is 11.9. The first-order chi connectivity index (χ1) is 11.6. The average molecular weight is 330 g/mol. The third kappa shape index (κ3) is 4.73. The molecule has 2 heterocycles. The molecule has 0 aromatic carbocycles. The van der Waals surface area contributed by atoms with Crippen LogP contribution >= 0.6 is 0 Å². The van der Waals surface area contributed by atoms with Gasteiger partial charge in [-0.15, -0.1) is 0 Å². The topological polar surface area (TPSA) is 103 Å². The van der Waals surface area contributed by atoms with Crippen LogP contribution in [-0.2, 0) is 11.3 Å². The monoisotopic (exact) mass is 330 g/mol. The van der Waals surface area contributed by atoms with Crippen molar-refractivity contribution in [2.45, 2.75) is 19.9 Å². The van der Waals surface area contributed by atoms with Crippen molar-refractivity contribution in [3.8, 4) is 0 Å². The van der Waals surface area contributed by atoms with Crippen LogP contribution in [0.1, 0.15) is 34.2 Å². The van der Waals surface area contributed by atoms with Gasteiger partial charge in [-0.2, -0.15) is 5.10 Å². The zero-order valence-electron chi connectivity index (χ0n) is 13.3. The van der Waals surface area contributed by atoms with E-state index >= 15 is 0 Å². The Morgan fingerprint density at radius 2 is 1.96 bits per heavy atom. The van der Waals surface area contributed by atoms with E-state index in [0.29, 0.717) is 12.1 Å². The number of aromatic nitrogens is 3. The third-order valence-electron chi connectivity index (χ3n) is 3.07. The number of hydrogen-bond donors (Lipinski definition) is 1. The van der Waals surface area contributed by atoms with E-state index in [1.807, 2.05) is 6.92 Å². The Hall–Kier alpha value is -3.03. The SMILES string of the molecule is CCCn1nc(C(=O)OCCNC(=O)c2ccncc2)ccc1=O. The highest BCUT2D eigenvalue weighted by molar-refractivity contribution is 5.94. The molecule has 2 aromatic heterocycles. The molecule has 2 rings (SSSR count). The van der Waals surface area contributed by atoms with Crippen LogP contribution in [-0.4, -0.2) is 39.8 Å². The van der Waals surface area contributed by atoms with Gasteiger partial charge in [-0.3, -0.25) is 14.6 Å². The zero-order valence-corrected chi connectivity index (χ0v) is 13.3. The number of esters is 1. The van der Waals surface area contributed by atoms with Crippen molar-refractivity contribution in [2.24, 2.45) is 0 Å². The normalized spacial score (nSPS) is 10.2. The molecular weight excluding hydrogens is 312 g/mol. The van der Waals surface area contributed by atoms with Crippen LogP contribution in [0.25, 0.3) is 0 Å². The summed E-state index contributed by atoms with van der Waals surface area (Å²) in [4.78, 5) is 39.1. The number of nitrogens with zero attached hydrogens (tertiary/aromatic N) is 3. The number of pyridine rings is 1. The second kappa shape index (κ2) is 8.56. The number of rotatable bonds is 7. The molecule has 0 unspecified atom stereocenters. The summed E-state index contributed by atoms with van der Waals surface area (Å²) >= 11 is 0. The molecule has 8 heteroatoms. The summed E-state index contributed by atoms with van der Waals surface area (Å²) in [6.07, 6.45) is 3.77. The fraction of sp³-hybridized carbons (Fsp3) is 0.312. The largest absolute Gasteiger partial charge is 0.459 e. The third-order valence-corrected chi connectivity index (χ3v) is 3.07. The molecule has 126 valence electrons. The molecule has 8 nitrogen and oxygen atoms in total. The maximum atomic E-state index is 11.9. The molecule has 2 aromatic rings. The summed E-state index contributed by atoms with van der Waals surface area (Å²) in [5.74, 6) is -0.916. The van der Waals surface area contributed by atoms with E-state index < -0.39 is 5.97 Å². The van der Waals surface area contributed by atoms with Crippen molar-refractivity contribution < 1.29 is 14.3 Å². The summed E-state index contributed by atoms with van der Waals surface area (Å²) in [6.45, 7) is 2.51. The number of amides is 1. The lowest BCUT2D eigenvalue weighted by molar-refractivity contribution is 0.0493. The Morgan fingerprint density at radius 1 is 1.21 bits per heavy atom. The van der Waals surface area contributed by atoms with Gasteiger partial charge in [-0.25, -0.2) is 9.48 Å². The highest BCUT2D eigenvalue weighted by Crippen LogP contribution is 1.97. The summed E-state index contributed by atoms with van der Waals surface area (Å²) in [5, 5.41) is 6.59. The summed E-state index contributed by atoms with van der Waals surface area (Å²) in [7, 11) is 0. The van der Waals surface area contributed by atoms with Gasteiger partial charge in [-0.1, -0.05) is 6.92 Å². The Morgan fingerprint density at radius 3 is 2.67 bits per heavy atom. The van der Waals surface area contributed by atoms with Gasteiger partial charge in [0.2, 0.25) is 0 Å². The van der Waals surface area contributed by atoms with E-state index in [2.05, 4.69) is 15.4 Å². The molecular formula is C16H18N4O4. The molecule has 1 amide bonds. The molecule has 0 aliphatic carbocycles. The number of carbonyl (C=O) groups excluding carboxylic acids is 2. The minimum atomic E-state index is -0.641. The first-order valence-corrected chi connectivity index (χ1v) is 7.55. The molecule has 0 atom stereocenters. The number of hydrogen-bond acceptors (Lipinski definition) is 6. The van der Waals surface area contributed by atoms with Crippen LogP contribution < -0.4 is 10.9 Å². The van der Waals surface area contributed by atoms with Crippen molar-refractivity contribution in [2.75, 3.05) is 13.2 Å². The minimum absolute atomic E-state index is 0.00421. The fourth-order valence-corrected chi connectivity index (χ4v) is 1.92. The van der Waals surface area contributed by atoms with Gasteiger partial charge in [0.15, 0.2) is 5.69 Å². The van der Waals surface area contributed by atoms with E-state index in [4.69, 9.17) is 4.74 Å². The summed E-state index contributed by atoms with van der Waals surface area (Å²) < 4.78 is 6.27. The van der Waals surface area contributed by atoms with Gasteiger partial charge < -0.3 is 10.1 Å². The van der Waals surface area contributed by atoms with Crippen molar-refractivity contribution in [1.29, 1.82) is 0 Å². The van der Waals surface area contributed by atoms with Gasteiger partial charge >= 0.3 is 5.97 Å². The highest BCUT2D eigenvalue weighted by atomic mass is 16.5. The number of aryl methyl sites for hydroxylation is 1. The van der Waals surface area contributed by atoms with E-state index in [9.17, 15) is 14.4 Å².